The van der Waals surface area contributed by atoms with E-state index >= 15 is 0 Å². The van der Waals surface area contributed by atoms with E-state index in [1.54, 1.807) is 6.26 Å². The van der Waals surface area contributed by atoms with Gasteiger partial charge < -0.3 is 4.74 Å². The van der Waals surface area contributed by atoms with Crippen LogP contribution in [0.15, 0.2) is 42.7 Å². The lowest BCUT2D eigenvalue weighted by atomic mass is 10.3. The first-order valence-electron chi connectivity index (χ1n) is 3.96. The number of rotatable bonds is 2. The molecule has 1 rings (SSSR count). The maximum absolute atomic E-state index is 8.74. The Morgan fingerprint density at radius 3 is 2.07 bits per heavy atom. The van der Waals surface area contributed by atoms with Gasteiger partial charge in [-0.3, -0.25) is 9.11 Å². The predicted octanol–water partition coefficient (Wildman–Crippen LogP) is 1.95. The highest BCUT2D eigenvalue weighted by atomic mass is 32.3. The van der Waals surface area contributed by atoms with Crippen LogP contribution >= 0.6 is 0 Å². The van der Waals surface area contributed by atoms with Gasteiger partial charge in [-0.2, -0.15) is 8.42 Å². The highest BCUT2D eigenvalue weighted by Crippen LogP contribution is 2.07. The first-order chi connectivity index (χ1) is 6.93. The lowest BCUT2D eigenvalue weighted by Crippen LogP contribution is -1.89. The fraction of sp³-hybridized carbons (Fsp3) is 0.111. The van der Waals surface area contributed by atoms with Crippen LogP contribution in [0.3, 0.4) is 0 Å². The van der Waals surface area contributed by atoms with E-state index < -0.39 is 10.4 Å². The Hall–Kier alpha value is -1.37. The molecule has 0 aliphatic heterocycles. The van der Waals surface area contributed by atoms with Crippen molar-refractivity contribution in [3.63, 3.8) is 0 Å². The third-order valence-corrected chi connectivity index (χ3v) is 1.08. The van der Waals surface area contributed by atoms with Gasteiger partial charge in [0.2, 0.25) is 0 Å². The van der Waals surface area contributed by atoms with Crippen LogP contribution in [-0.2, 0) is 10.4 Å². The summed E-state index contributed by atoms with van der Waals surface area (Å²) >= 11 is 0. The molecule has 0 radical (unpaired) electrons. The van der Waals surface area contributed by atoms with Crippen LogP contribution in [0.2, 0.25) is 0 Å². The van der Waals surface area contributed by atoms with Crippen molar-refractivity contribution in [1.29, 1.82) is 0 Å². The standard InChI is InChI=1S/C9H10O.H2O4S/c1-2-8-10-9-6-4-3-5-7-9;1-5(2,3)4/h2-8H,1H3;(H2,1,2,3,4). The topological polar surface area (TPSA) is 83.8 Å². The molecule has 0 unspecified atom stereocenters. The fourth-order valence-electron chi connectivity index (χ4n) is 0.646. The zero-order valence-corrected chi connectivity index (χ0v) is 8.89. The van der Waals surface area contributed by atoms with E-state index in [0.717, 1.165) is 5.75 Å². The second-order valence-electron chi connectivity index (χ2n) is 2.35. The van der Waals surface area contributed by atoms with Crippen LogP contribution in [0, 0.1) is 0 Å². The Labute approximate surface area is 88.6 Å². The predicted molar refractivity (Wildman–Crippen MR) is 56.1 cm³/mol. The highest BCUT2D eigenvalue weighted by molar-refractivity contribution is 7.79. The molecule has 84 valence electrons. The summed E-state index contributed by atoms with van der Waals surface area (Å²) in [5.74, 6) is 0.876. The Balaban J connectivity index is 0.000000336. The molecule has 6 heteroatoms. The normalized spacial score (nSPS) is 10.6. The highest BCUT2D eigenvalue weighted by Gasteiger charge is 1.84. The van der Waals surface area contributed by atoms with E-state index in [1.165, 1.54) is 0 Å². The summed E-state index contributed by atoms with van der Waals surface area (Å²) in [5.41, 5.74) is 0. The van der Waals surface area contributed by atoms with Crippen molar-refractivity contribution in [3.05, 3.63) is 42.7 Å². The van der Waals surface area contributed by atoms with Crippen LogP contribution in [0.5, 0.6) is 5.75 Å². The van der Waals surface area contributed by atoms with E-state index in [4.69, 9.17) is 22.3 Å². The van der Waals surface area contributed by atoms with Crippen molar-refractivity contribution in [3.8, 4) is 5.75 Å². The van der Waals surface area contributed by atoms with E-state index in [2.05, 4.69) is 0 Å². The van der Waals surface area contributed by atoms with Gasteiger partial charge in [-0.25, -0.2) is 0 Å². The molecule has 1 aromatic carbocycles. The summed E-state index contributed by atoms with van der Waals surface area (Å²) in [6, 6.07) is 9.68. The largest absolute Gasteiger partial charge is 0.465 e. The van der Waals surface area contributed by atoms with Gasteiger partial charge in [0.1, 0.15) is 5.75 Å². The molecular weight excluding hydrogens is 220 g/mol. The van der Waals surface area contributed by atoms with E-state index in [0.29, 0.717) is 0 Å². The third kappa shape index (κ3) is 12.6. The SMILES string of the molecule is CC=COc1ccccc1.O=S(=O)(O)O. The molecule has 15 heavy (non-hydrogen) atoms. The molecule has 0 amide bonds. The number of hydrogen-bond donors (Lipinski definition) is 2. The van der Waals surface area contributed by atoms with Crippen LogP contribution in [0.4, 0.5) is 0 Å². The van der Waals surface area contributed by atoms with Gasteiger partial charge >= 0.3 is 10.4 Å². The average Bonchev–Trinajstić information content (AvgIpc) is 2.14. The van der Waals surface area contributed by atoms with Crippen molar-refractivity contribution in [2.24, 2.45) is 0 Å². The van der Waals surface area contributed by atoms with Gasteiger partial charge in [0, 0.05) is 0 Å². The molecule has 0 fully saturated rings. The summed E-state index contributed by atoms with van der Waals surface area (Å²) in [4.78, 5) is 0. The summed E-state index contributed by atoms with van der Waals surface area (Å²) < 4.78 is 36.8. The monoisotopic (exact) mass is 232 g/mol. The number of benzene rings is 1. The molecule has 0 atom stereocenters. The first-order valence-corrected chi connectivity index (χ1v) is 5.36. The Bertz CT molecular complexity index is 374. The maximum Gasteiger partial charge on any atom is 0.394 e. The number of hydrogen-bond acceptors (Lipinski definition) is 3. The number of allylic oxidation sites excluding steroid dienone is 1. The van der Waals surface area contributed by atoms with Gasteiger partial charge in [0.15, 0.2) is 0 Å². The Kier molecular flexibility index (Phi) is 6.35. The first kappa shape index (κ1) is 13.6. The minimum absolute atomic E-state index is 0.876. The van der Waals surface area contributed by atoms with E-state index in [1.807, 2.05) is 43.3 Å². The van der Waals surface area contributed by atoms with Gasteiger partial charge in [0.25, 0.3) is 0 Å². The molecule has 0 aromatic heterocycles. The minimum Gasteiger partial charge on any atom is -0.465 e. The van der Waals surface area contributed by atoms with Crippen molar-refractivity contribution in [2.75, 3.05) is 0 Å². The molecule has 5 nitrogen and oxygen atoms in total. The Morgan fingerprint density at radius 1 is 1.20 bits per heavy atom. The second-order valence-corrected chi connectivity index (χ2v) is 3.24. The van der Waals surface area contributed by atoms with Gasteiger partial charge in [-0.05, 0) is 19.1 Å². The van der Waals surface area contributed by atoms with Crippen molar-refractivity contribution >= 4 is 10.4 Å². The zero-order valence-electron chi connectivity index (χ0n) is 8.07. The second kappa shape index (κ2) is 6.99. The fourth-order valence-corrected chi connectivity index (χ4v) is 0.646. The molecule has 1 aromatic rings. The van der Waals surface area contributed by atoms with Crippen LogP contribution < -0.4 is 4.74 Å². The summed E-state index contributed by atoms with van der Waals surface area (Å²) in [6.45, 7) is 1.92. The van der Waals surface area contributed by atoms with Crippen LogP contribution in [0.25, 0.3) is 0 Å². The van der Waals surface area contributed by atoms with Crippen molar-refractivity contribution in [1.82, 2.24) is 0 Å². The molecule has 0 bridgehead atoms. The summed E-state index contributed by atoms with van der Waals surface area (Å²) in [5, 5.41) is 0. The van der Waals surface area contributed by atoms with Gasteiger partial charge in [-0.15, -0.1) is 0 Å². The van der Waals surface area contributed by atoms with Crippen molar-refractivity contribution < 1.29 is 22.3 Å². The molecule has 2 N–H and O–H groups in total. The van der Waals surface area contributed by atoms with Gasteiger partial charge in [0.05, 0.1) is 6.26 Å². The smallest absolute Gasteiger partial charge is 0.394 e. The summed E-state index contributed by atoms with van der Waals surface area (Å²) in [6.07, 6.45) is 3.52. The molecule has 0 spiro atoms. The minimum atomic E-state index is -4.67. The van der Waals surface area contributed by atoms with Crippen LogP contribution in [0.1, 0.15) is 6.92 Å². The van der Waals surface area contributed by atoms with E-state index in [9.17, 15) is 0 Å². The third-order valence-electron chi connectivity index (χ3n) is 1.08. The van der Waals surface area contributed by atoms with Gasteiger partial charge in [-0.1, -0.05) is 24.3 Å². The van der Waals surface area contributed by atoms with Crippen LogP contribution in [-0.4, -0.2) is 17.5 Å². The Morgan fingerprint density at radius 2 is 1.67 bits per heavy atom. The lowest BCUT2D eigenvalue weighted by molar-refractivity contribution is 0.381. The number of para-hydroxylation sites is 1. The molecule has 0 aliphatic rings. The maximum atomic E-state index is 8.74. The average molecular weight is 232 g/mol. The molecule has 0 saturated heterocycles. The molecule has 0 saturated carbocycles. The van der Waals surface area contributed by atoms with E-state index in [-0.39, 0.29) is 0 Å². The quantitative estimate of drug-likeness (QED) is 0.601. The molecule has 0 aliphatic carbocycles. The zero-order chi connectivity index (χ0) is 11.7. The summed E-state index contributed by atoms with van der Waals surface area (Å²) in [7, 11) is -4.67. The number of ether oxygens (including phenoxy) is 1. The van der Waals surface area contributed by atoms with Crippen molar-refractivity contribution in [2.45, 2.75) is 6.92 Å². The molecule has 0 heterocycles. The molecular formula is C9H12O5S. The lowest BCUT2D eigenvalue weighted by Gasteiger charge is -1.96.